The van der Waals surface area contributed by atoms with E-state index in [4.69, 9.17) is 13.9 Å². The molecule has 1 amide bonds. The first-order valence-electron chi connectivity index (χ1n) is 10.1. The van der Waals surface area contributed by atoms with Gasteiger partial charge < -0.3 is 19.2 Å². The zero-order valence-electron chi connectivity index (χ0n) is 18.3. The number of benzene rings is 3. The van der Waals surface area contributed by atoms with Crippen LogP contribution in [-0.2, 0) is 0 Å². The highest BCUT2D eigenvalue weighted by Crippen LogP contribution is 2.31. The van der Waals surface area contributed by atoms with Crippen molar-refractivity contribution in [1.29, 1.82) is 0 Å². The van der Waals surface area contributed by atoms with Crippen molar-refractivity contribution in [3.8, 4) is 11.5 Å². The highest BCUT2D eigenvalue weighted by molar-refractivity contribution is 6.11. The molecule has 1 aromatic heterocycles. The lowest BCUT2D eigenvalue weighted by Crippen LogP contribution is -2.12. The Morgan fingerprint density at radius 2 is 1.50 bits per heavy atom. The number of hydrogen-bond acceptors (Lipinski definition) is 5. The number of anilines is 1. The number of furan rings is 1. The van der Waals surface area contributed by atoms with Gasteiger partial charge in [0.15, 0.2) is 17.3 Å². The number of ketones is 1. The minimum Gasteiger partial charge on any atom is -0.493 e. The molecule has 0 spiro atoms. The number of carbonyl (C=O) groups is 2. The largest absolute Gasteiger partial charge is 0.493 e. The molecule has 0 aliphatic rings. The van der Waals surface area contributed by atoms with E-state index in [1.807, 2.05) is 32.0 Å². The van der Waals surface area contributed by atoms with E-state index in [0.717, 1.165) is 16.5 Å². The van der Waals surface area contributed by atoms with E-state index in [9.17, 15) is 9.59 Å². The molecule has 0 saturated carbocycles. The summed E-state index contributed by atoms with van der Waals surface area (Å²) >= 11 is 0. The Balaban J connectivity index is 1.61. The average molecular weight is 429 g/mol. The zero-order valence-corrected chi connectivity index (χ0v) is 18.3. The number of nitrogens with one attached hydrogen (secondary N) is 1. The number of fused-ring (bicyclic) bond motifs is 1. The maximum atomic E-state index is 12.9. The lowest BCUT2D eigenvalue weighted by molar-refractivity contribution is 0.101. The molecule has 0 radical (unpaired) electrons. The number of rotatable bonds is 6. The number of carbonyl (C=O) groups excluding carboxylic acids is 2. The van der Waals surface area contributed by atoms with Crippen molar-refractivity contribution in [1.82, 2.24) is 0 Å². The molecule has 0 bridgehead atoms. The van der Waals surface area contributed by atoms with Crippen molar-refractivity contribution in [2.24, 2.45) is 0 Å². The number of aryl methyl sites for hydroxylation is 2. The topological polar surface area (TPSA) is 77.8 Å². The normalized spacial score (nSPS) is 10.8. The van der Waals surface area contributed by atoms with Crippen LogP contribution in [0, 0.1) is 13.8 Å². The summed E-state index contributed by atoms with van der Waals surface area (Å²) < 4.78 is 16.4. The van der Waals surface area contributed by atoms with Gasteiger partial charge in [-0.05, 0) is 44.2 Å². The maximum Gasteiger partial charge on any atom is 0.255 e. The van der Waals surface area contributed by atoms with Crippen LogP contribution in [0.1, 0.15) is 37.6 Å². The number of amides is 1. The molecule has 1 heterocycles. The molecule has 3 aromatic carbocycles. The fraction of sp³-hybridized carbons (Fsp3) is 0.154. The number of methoxy groups -OCH3 is 2. The van der Waals surface area contributed by atoms with Crippen LogP contribution in [0.3, 0.4) is 0 Å². The fourth-order valence-corrected chi connectivity index (χ4v) is 3.54. The molecule has 6 heteroatoms. The summed E-state index contributed by atoms with van der Waals surface area (Å²) in [6, 6.07) is 17.7. The van der Waals surface area contributed by atoms with Gasteiger partial charge in [0, 0.05) is 33.8 Å². The Bertz CT molecular complexity index is 1320. The minimum absolute atomic E-state index is 0.172. The summed E-state index contributed by atoms with van der Waals surface area (Å²) in [5.74, 6) is 0.838. The third-order valence-electron chi connectivity index (χ3n) is 5.36. The second-order valence-electron chi connectivity index (χ2n) is 7.49. The van der Waals surface area contributed by atoms with Gasteiger partial charge in [0.25, 0.3) is 5.91 Å². The molecule has 0 fully saturated rings. The SMILES string of the molecule is COc1ccc(C(=O)Nc2ccc3c(C)c(C(=O)c4ccc(C)cc4)oc3c2)cc1OC. The molecule has 0 unspecified atom stereocenters. The van der Waals surface area contributed by atoms with Crippen LogP contribution in [0.15, 0.2) is 65.1 Å². The van der Waals surface area contributed by atoms with E-state index in [0.29, 0.717) is 39.7 Å². The van der Waals surface area contributed by atoms with Crippen LogP contribution in [0.4, 0.5) is 5.69 Å². The van der Waals surface area contributed by atoms with E-state index < -0.39 is 0 Å². The molecular weight excluding hydrogens is 406 g/mol. The first-order chi connectivity index (χ1) is 15.4. The minimum atomic E-state index is -0.301. The first kappa shape index (κ1) is 21.2. The highest BCUT2D eigenvalue weighted by Gasteiger charge is 2.20. The van der Waals surface area contributed by atoms with Gasteiger partial charge in [-0.25, -0.2) is 0 Å². The third-order valence-corrected chi connectivity index (χ3v) is 5.36. The smallest absolute Gasteiger partial charge is 0.255 e. The maximum absolute atomic E-state index is 12.9. The van der Waals surface area contributed by atoms with Crippen molar-refractivity contribution < 1.29 is 23.5 Å². The van der Waals surface area contributed by atoms with E-state index >= 15 is 0 Å². The van der Waals surface area contributed by atoms with Gasteiger partial charge in [0.1, 0.15) is 5.58 Å². The Morgan fingerprint density at radius 3 is 2.19 bits per heavy atom. The van der Waals surface area contributed by atoms with Crippen LogP contribution < -0.4 is 14.8 Å². The molecule has 0 aliphatic heterocycles. The van der Waals surface area contributed by atoms with E-state index in [1.54, 1.807) is 42.5 Å². The summed E-state index contributed by atoms with van der Waals surface area (Å²) in [5.41, 5.74) is 3.93. The van der Waals surface area contributed by atoms with Gasteiger partial charge in [-0.2, -0.15) is 0 Å². The second-order valence-corrected chi connectivity index (χ2v) is 7.49. The van der Waals surface area contributed by atoms with Crippen LogP contribution in [0.2, 0.25) is 0 Å². The van der Waals surface area contributed by atoms with E-state index in [-0.39, 0.29) is 11.7 Å². The van der Waals surface area contributed by atoms with Gasteiger partial charge in [0.05, 0.1) is 14.2 Å². The summed E-state index contributed by atoms with van der Waals surface area (Å²) in [4.78, 5) is 25.6. The van der Waals surface area contributed by atoms with Gasteiger partial charge in [-0.1, -0.05) is 29.8 Å². The monoisotopic (exact) mass is 429 g/mol. The Labute approximate surface area is 185 Å². The molecule has 0 saturated heterocycles. The van der Waals surface area contributed by atoms with Crippen LogP contribution in [-0.4, -0.2) is 25.9 Å². The zero-order chi connectivity index (χ0) is 22.8. The molecular formula is C26H23NO5. The third kappa shape index (κ3) is 3.95. The first-order valence-corrected chi connectivity index (χ1v) is 10.1. The standard InChI is InChI=1S/C26H23NO5/c1-15-5-7-17(8-6-15)24(28)25-16(2)20-11-10-19(14-22(20)32-25)27-26(29)18-9-12-21(30-3)23(13-18)31-4/h5-14H,1-4H3,(H,27,29). The van der Waals surface area contributed by atoms with Crippen LogP contribution in [0.25, 0.3) is 11.0 Å². The lowest BCUT2D eigenvalue weighted by Gasteiger charge is -2.10. The summed E-state index contributed by atoms with van der Waals surface area (Å²) in [6.45, 7) is 3.83. The number of hydrogen-bond donors (Lipinski definition) is 1. The predicted molar refractivity (Wildman–Crippen MR) is 123 cm³/mol. The number of ether oxygens (including phenoxy) is 2. The Kier molecular flexibility index (Phi) is 5.69. The second kappa shape index (κ2) is 8.59. The van der Waals surface area contributed by atoms with Crippen molar-refractivity contribution in [2.45, 2.75) is 13.8 Å². The molecule has 4 rings (SSSR count). The molecule has 0 atom stereocenters. The van der Waals surface area contributed by atoms with Crippen molar-refractivity contribution in [3.63, 3.8) is 0 Å². The van der Waals surface area contributed by atoms with Gasteiger partial charge in [-0.15, -0.1) is 0 Å². The van der Waals surface area contributed by atoms with E-state index in [2.05, 4.69) is 5.32 Å². The Hall–Kier alpha value is -4.06. The van der Waals surface area contributed by atoms with Crippen molar-refractivity contribution in [3.05, 3.63) is 88.7 Å². The molecule has 0 aliphatic carbocycles. The average Bonchev–Trinajstić information content (AvgIpc) is 3.14. The van der Waals surface area contributed by atoms with Crippen molar-refractivity contribution in [2.75, 3.05) is 19.5 Å². The summed E-state index contributed by atoms with van der Waals surface area (Å²) in [5, 5.41) is 3.68. The van der Waals surface area contributed by atoms with Crippen molar-refractivity contribution >= 4 is 28.3 Å². The quantitative estimate of drug-likeness (QED) is 0.407. The fourth-order valence-electron chi connectivity index (χ4n) is 3.54. The predicted octanol–water partition coefficient (Wildman–Crippen LogP) is 5.55. The molecule has 4 aromatic rings. The van der Waals surface area contributed by atoms with Crippen LogP contribution in [0.5, 0.6) is 11.5 Å². The molecule has 1 N–H and O–H groups in total. The molecule has 162 valence electrons. The molecule has 6 nitrogen and oxygen atoms in total. The van der Waals surface area contributed by atoms with Gasteiger partial charge in [-0.3, -0.25) is 9.59 Å². The van der Waals surface area contributed by atoms with Crippen LogP contribution >= 0.6 is 0 Å². The van der Waals surface area contributed by atoms with Gasteiger partial charge >= 0.3 is 0 Å². The molecule has 32 heavy (non-hydrogen) atoms. The summed E-state index contributed by atoms with van der Waals surface area (Å²) in [7, 11) is 3.05. The lowest BCUT2D eigenvalue weighted by atomic mass is 10.0. The van der Waals surface area contributed by atoms with E-state index in [1.165, 1.54) is 14.2 Å². The summed E-state index contributed by atoms with van der Waals surface area (Å²) in [6.07, 6.45) is 0. The highest BCUT2D eigenvalue weighted by atomic mass is 16.5. The van der Waals surface area contributed by atoms with Gasteiger partial charge in [0.2, 0.25) is 5.78 Å². The Morgan fingerprint density at radius 1 is 0.812 bits per heavy atom.